The molecule has 0 atom stereocenters. The lowest BCUT2D eigenvalue weighted by Crippen LogP contribution is -2.50. The van der Waals surface area contributed by atoms with Crippen LogP contribution in [0.25, 0.3) is 0 Å². The highest BCUT2D eigenvalue weighted by Gasteiger charge is 2.42. The van der Waals surface area contributed by atoms with Crippen molar-refractivity contribution >= 4 is 35.8 Å². The maximum Gasteiger partial charge on any atom is 0.230 e. The van der Waals surface area contributed by atoms with Crippen LogP contribution < -0.4 is 15.4 Å². The molecule has 1 aromatic rings. The summed E-state index contributed by atoms with van der Waals surface area (Å²) in [6.07, 6.45) is 4.09. The molecule has 1 amide bonds. The van der Waals surface area contributed by atoms with Crippen LogP contribution in [-0.2, 0) is 10.2 Å². The van der Waals surface area contributed by atoms with Gasteiger partial charge in [-0.05, 0) is 30.5 Å². The standard InChI is InChI=1S/C22H36N4O2.HI/c1-21(2,17-9-11-18(28-6)12-10-17)15-24-20(23-3)25-16-22(13-7-8-14-22)19(27)26(4)5;/h9-12H,7-8,13-16H2,1-6H3,(H2,23,24,25);1H. The fraction of sp³-hybridized carbons (Fsp3) is 0.636. The highest BCUT2D eigenvalue weighted by atomic mass is 127. The number of carbonyl (C=O) groups excluding carboxylic acids is 1. The van der Waals surface area contributed by atoms with E-state index in [1.165, 1.54) is 5.56 Å². The Hall–Kier alpha value is -1.51. The van der Waals surface area contributed by atoms with Crippen LogP contribution in [0.5, 0.6) is 5.75 Å². The molecule has 2 N–H and O–H groups in total. The first-order valence-electron chi connectivity index (χ1n) is 10.0. The van der Waals surface area contributed by atoms with E-state index in [4.69, 9.17) is 4.74 Å². The van der Waals surface area contributed by atoms with Gasteiger partial charge in [-0.3, -0.25) is 9.79 Å². The second kappa shape index (κ2) is 11.0. The summed E-state index contributed by atoms with van der Waals surface area (Å²) in [7, 11) is 7.13. The third-order valence-corrected chi connectivity index (χ3v) is 5.81. The number of amides is 1. The molecule has 0 bridgehead atoms. The van der Waals surface area contributed by atoms with Gasteiger partial charge in [0.1, 0.15) is 5.75 Å². The summed E-state index contributed by atoms with van der Waals surface area (Å²) in [5, 5.41) is 6.83. The average Bonchev–Trinajstić information content (AvgIpc) is 3.17. The largest absolute Gasteiger partial charge is 0.497 e. The molecule has 1 saturated carbocycles. The summed E-state index contributed by atoms with van der Waals surface area (Å²) in [4.78, 5) is 18.8. The Kier molecular flexibility index (Phi) is 9.71. The summed E-state index contributed by atoms with van der Waals surface area (Å²) in [6.45, 7) is 5.74. The van der Waals surface area contributed by atoms with E-state index < -0.39 is 0 Å². The second-order valence-corrected chi connectivity index (χ2v) is 8.58. The van der Waals surface area contributed by atoms with Gasteiger partial charge >= 0.3 is 0 Å². The van der Waals surface area contributed by atoms with E-state index in [0.29, 0.717) is 6.54 Å². The Labute approximate surface area is 192 Å². The number of aliphatic imine (C=N–C) groups is 1. The first-order valence-corrected chi connectivity index (χ1v) is 10.0. The van der Waals surface area contributed by atoms with Gasteiger partial charge in [-0.2, -0.15) is 0 Å². The van der Waals surface area contributed by atoms with Crippen molar-refractivity contribution in [2.24, 2.45) is 10.4 Å². The van der Waals surface area contributed by atoms with E-state index in [9.17, 15) is 4.79 Å². The van der Waals surface area contributed by atoms with E-state index in [0.717, 1.165) is 43.9 Å². The number of halogens is 1. The van der Waals surface area contributed by atoms with E-state index in [1.807, 2.05) is 26.2 Å². The Morgan fingerprint density at radius 2 is 1.76 bits per heavy atom. The molecule has 0 spiro atoms. The molecule has 6 nitrogen and oxygen atoms in total. The van der Waals surface area contributed by atoms with Crippen LogP contribution in [0.2, 0.25) is 0 Å². The second-order valence-electron chi connectivity index (χ2n) is 8.58. The van der Waals surface area contributed by atoms with Gasteiger partial charge in [-0.1, -0.05) is 38.8 Å². The number of ether oxygens (including phenoxy) is 1. The van der Waals surface area contributed by atoms with Gasteiger partial charge in [0.25, 0.3) is 0 Å². The minimum absolute atomic E-state index is 0. The van der Waals surface area contributed by atoms with Crippen LogP contribution in [0, 0.1) is 5.41 Å². The van der Waals surface area contributed by atoms with Gasteiger partial charge in [-0.25, -0.2) is 0 Å². The topological polar surface area (TPSA) is 66.0 Å². The van der Waals surface area contributed by atoms with Gasteiger partial charge in [0.2, 0.25) is 5.91 Å². The van der Waals surface area contributed by atoms with E-state index >= 15 is 0 Å². The molecule has 1 aliphatic carbocycles. The number of guanidine groups is 1. The molecular weight excluding hydrogens is 479 g/mol. The Morgan fingerprint density at radius 3 is 2.24 bits per heavy atom. The van der Waals surface area contributed by atoms with E-state index in [2.05, 4.69) is 41.6 Å². The third-order valence-electron chi connectivity index (χ3n) is 5.81. The van der Waals surface area contributed by atoms with Gasteiger partial charge in [0.05, 0.1) is 12.5 Å². The Balaban J connectivity index is 0.00000420. The molecule has 1 aromatic carbocycles. The number of rotatable bonds is 7. The van der Waals surface area contributed by atoms with Crippen molar-refractivity contribution in [2.45, 2.75) is 44.9 Å². The Bertz CT molecular complexity index is 681. The third kappa shape index (κ3) is 6.49. The van der Waals surface area contributed by atoms with Crippen LogP contribution in [0.15, 0.2) is 29.3 Å². The fourth-order valence-corrected chi connectivity index (χ4v) is 3.91. The van der Waals surface area contributed by atoms with Crippen molar-refractivity contribution in [2.75, 3.05) is 41.3 Å². The molecule has 0 aliphatic heterocycles. The number of methoxy groups -OCH3 is 1. The van der Waals surface area contributed by atoms with Crippen molar-refractivity contribution in [1.82, 2.24) is 15.5 Å². The number of benzene rings is 1. The van der Waals surface area contributed by atoms with Crippen molar-refractivity contribution in [1.29, 1.82) is 0 Å². The Morgan fingerprint density at radius 1 is 1.17 bits per heavy atom. The molecule has 7 heteroatoms. The molecule has 2 rings (SSSR count). The zero-order valence-corrected chi connectivity index (χ0v) is 21.0. The molecule has 0 radical (unpaired) electrons. The predicted octanol–water partition coefficient (Wildman–Crippen LogP) is 3.40. The maximum absolute atomic E-state index is 12.7. The lowest BCUT2D eigenvalue weighted by molar-refractivity contribution is -0.138. The number of carbonyl (C=O) groups is 1. The first kappa shape index (κ1) is 25.5. The molecule has 0 saturated heterocycles. The monoisotopic (exact) mass is 516 g/mol. The van der Waals surface area contributed by atoms with Crippen molar-refractivity contribution in [3.05, 3.63) is 29.8 Å². The summed E-state index contributed by atoms with van der Waals surface area (Å²) >= 11 is 0. The molecule has 0 aromatic heterocycles. The minimum Gasteiger partial charge on any atom is -0.497 e. The van der Waals surface area contributed by atoms with Gasteiger partial charge in [0.15, 0.2) is 5.96 Å². The average molecular weight is 516 g/mol. The zero-order chi connectivity index (χ0) is 20.8. The van der Waals surface area contributed by atoms with Crippen LogP contribution in [0.1, 0.15) is 45.1 Å². The summed E-state index contributed by atoms with van der Waals surface area (Å²) in [5.74, 6) is 1.81. The van der Waals surface area contributed by atoms with Crippen molar-refractivity contribution in [3.8, 4) is 5.75 Å². The van der Waals surface area contributed by atoms with Crippen molar-refractivity contribution in [3.63, 3.8) is 0 Å². The van der Waals surface area contributed by atoms with Gasteiger partial charge < -0.3 is 20.3 Å². The van der Waals surface area contributed by atoms with E-state index in [1.54, 1.807) is 19.1 Å². The SMILES string of the molecule is CN=C(NCC1(C(=O)N(C)C)CCCC1)NCC(C)(C)c1ccc(OC)cc1.I. The predicted molar refractivity (Wildman–Crippen MR) is 130 cm³/mol. The number of hydrogen-bond donors (Lipinski definition) is 2. The van der Waals surface area contributed by atoms with Gasteiger partial charge in [0, 0.05) is 39.6 Å². The minimum atomic E-state index is -0.313. The number of hydrogen-bond acceptors (Lipinski definition) is 3. The van der Waals surface area contributed by atoms with Gasteiger partial charge in [-0.15, -0.1) is 24.0 Å². The smallest absolute Gasteiger partial charge is 0.230 e. The molecule has 1 aliphatic rings. The van der Waals surface area contributed by atoms with Crippen molar-refractivity contribution < 1.29 is 9.53 Å². The molecular formula is C22H37IN4O2. The lowest BCUT2D eigenvalue weighted by Gasteiger charge is -2.32. The maximum atomic E-state index is 12.7. The van der Waals surface area contributed by atoms with Crippen LogP contribution in [0.3, 0.4) is 0 Å². The summed E-state index contributed by atoms with van der Waals surface area (Å²) in [6, 6.07) is 8.17. The molecule has 29 heavy (non-hydrogen) atoms. The van der Waals surface area contributed by atoms with Crippen LogP contribution in [-0.4, -0.2) is 58.1 Å². The molecule has 0 unspecified atom stereocenters. The summed E-state index contributed by atoms with van der Waals surface area (Å²) < 4.78 is 5.25. The van der Waals surface area contributed by atoms with Crippen LogP contribution in [0.4, 0.5) is 0 Å². The first-order chi connectivity index (χ1) is 13.2. The highest BCUT2D eigenvalue weighted by molar-refractivity contribution is 14.0. The lowest BCUT2D eigenvalue weighted by atomic mass is 9.84. The highest BCUT2D eigenvalue weighted by Crippen LogP contribution is 2.38. The molecule has 1 fully saturated rings. The normalized spacial score (nSPS) is 16.0. The van der Waals surface area contributed by atoms with Crippen LogP contribution >= 0.6 is 24.0 Å². The quantitative estimate of drug-likeness (QED) is 0.331. The summed E-state index contributed by atoms with van der Waals surface area (Å²) in [5.41, 5.74) is 0.840. The molecule has 0 heterocycles. The number of nitrogens with zero attached hydrogens (tertiary/aromatic N) is 2. The zero-order valence-electron chi connectivity index (χ0n) is 18.7. The number of nitrogens with one attached hydrogen (secondary N) is 2. The van der Waals surface area contributed by atoms with E-state index in [-0.39, 0.29) is 40.7 Å². The fourth-order valence-electron chi connectivity index (χ4n) is 3.91. The molecule has 164 valence electrons.